The van der Waals surface area contributed by atoms with E-state index in [4.69, 9.17) is 10.5 Å². The molecule has 0 bridgehead atoms. The number of hydrogen-bond acceptors (Lipinski definition) is 6. The van der Waals surface area contributed by atoms with Crippen LogP contribution in [0.5, 0.6) is 6.01 Å². The molecule has 3 heterocycles. The summed E-state index contributed by atoms with van der Waals surface area (Å²) in [5.74, 6) is 2.29. The monoisotopic (exact) mass is 389 g/mol. The van der Waals surface area contributed by atoms with Crippen molar-refractivity contribution < 1.29 is 9.53 Å². The van der Waals surface area contributed by atoms with Gasteiger partial charge in [-0.15, -0.1) is 0 Å². The highest BCUT2D eigenvalue weighted by molar-refractivity contribution is 6.01. The van der Waals surface area contributed by atoms with E-state index in [1.165, 1.54) is 12.8 Å². The van der Waals surface area contributed by atoms with Crippen molar-refractivity contribution in [3.8, 4) is 6.01 Å². The van der Waals surface area contributed by atoms with E-state index in [2.05, 4.69) is 35.6 Å². The van der Waals surface area contributed by atoms with Crippen LogP contribution in [0.3, 0.4) is 0 Å². The van der Waals surface area contributed by atoms with E-state index < -0.39 is 0 Å². The number of anilines is 2. The van der Waals surface area contributed by atoms with Gasteiger partial charge in [0.2, 0.25) is 5.91 Å². The molecule has 28 heavy (non-hydrogen) atoms. The lowest BCUT2D eigenvalue weighted by molar-refractivity contribution is -0.117. The molecule has 1 fully saturated rings. The third-order valence-electron chi connectivity index (χ3n) is 5.68. The van der Waals surface area contributed by atoms with Crippen molar-refractivity contribution in [1.82, 2.24) is 14.9 Å². The number of carbonyl (C=O) groups excluding carboxylic acids is 1. The molecule has 7 heteroatoms. The normalized spacial score (nSPS) is 20.1. The van der Waals surface area contributed by atoms with Crippen molar-refractivity contribution in [2.45, 2.75) is 59.3 Å². The Morgan fingerprint density at radius 2 is 2.14 bits per heavy atom. The van der Waals surface area contributed by atoms with Crippen LogP contribution in [-0.2, 0) is 11.2 Å². The number of nitrogen functional groups attached to an aromatic ring is 1. The van der Waals surface area contributed by atoms with Crippen LogP contribution in [0.15, 0.2) is 0 Å². The number of amides is 1. The van der Waals surface area contributed by atoms with Crippen LogP contribution >= 0.6 is 0 Å². The fourth-order valence-corrected chi connectivity index (χ4v) is 3.99. The number of rotatable bonds is 9. The Kier molecular flexibility index (Phi) is 7.10. The van der Waals surface area contributed by atoms with Gasteiger partial charge in [-0.25, -0.2) is 0 Å². The van der Waals surface area contributed by atoms with Gasteiger partial charge in [0.25, 0.3) is 0 Å². The minimum Gasteiger partial charge on any atom is -0.463 e. The summed E-state index contributed by atoms with van der Waals surface area (Å²) in [6.07, 6.45) is 5.84. The summed E-state index contributed by atoms with van der Waals surface area (Å²) in [6.45, 7) is 11.3. The maximum Gasteiger partial charge on any atom is 0.320 e. The Labute approximate surface area is 168 Å². The van der Waals surface area contributed by atoms with Crippen molar-refractivity contribution in [2.75, 3.05) is 43.4 Å². The highest BCUT2D eigenvalue weighted by atomic mass is 16.5. The molecule has 1 unspecified atom stereocenters. The standard InChI is InChI=1S/C21H35N5O2/c1-4-5-11-28-21-23-19(22)17-12-18(27)26(20(17)24-21)14-16-7-6-9-25(13-16)10-8-15(2)3/h15-16H,4-14H2,1-3H3,(H2,22,23,24). The average Bonchev–Trinajstić information content (AvgIpc) is 2.97. The molecule has 1 amide bonds. The minimum atomic E-state index is 0.0704. The molecule has 0 aromatic carbocycles. The summed E-state index contributed by atoms with van der Waals surface area (Å²) in [5, 5.41) is 0. The molecule has 0 spiro atoms. The summed E-state index contributed by atoms with van der Waals surface area (Å²) in [7, 11) is 0. The predicted molar refractivity (Wildman–Crippen MR) is 112 cm³/mol. The molecule has 2 N–H and O–H groups in total. The smallest absolute Gasteiger partial charge is 0.320 e. The van der Waals surface area contributed by atoms with Crippen LogP contribution in [0.25, 0.3) is 0 Å². The van der Waals surface area contributed by atoms with Gasteiger partial charge >= 0.3 is 6.01 Å². The molecule has 2 aliphatic heterocycles. The van der Waals surface area contributed by atoms with Gasteiger partial charge in [-0.3, -0.25) is 9.69 Å². The lowest BCUT2D eigenvalue weighted by Gasteiger charge is -2.35. The number of piperidine rings is 1. The summed E-state index contributed by atoms with van der Waals surface area (Å²) in [6, 6.07) is 0.284. The molecular weight excluding hydrogens is 354 g/mol. The van der Waals surface area contributed by atoms with E-state index in [0.717, 1.165) is 50.4 Å². The Bertz CT molecular complexity index is 679. The molecule has 2 aliphatic rings. The number of fused-ring (bicyclic) bond motifs is 1. The van der Waals surface area contributed by atoms with Crippen molar-refractivity contribution in [3.05, 3.63) is 5.56 Å². The molecular formula is C21H35N5O2. The van der Waals surface area contributed by atoms with Gasteiger partial charge in [0, 0.05) is 18.7 Å². The van der Waals surface area contributed by atoms with E-state index in [1.807, 2.05) is 4.90 Å². The second kappa shape index (κ2) is 9.54. The maximum absolute atomic E-state index is 12.7. The topological polar surface area (TPSA) is 84.6 Å². The molecule has 1 saturated heterocycles. The fourth-order valence-electron chi connectivity index (χ4n) is 3.99. The summed E-state index contributed by atoms with van der Waals surface area (Å²) in [5.41, 5.74) is 6.86. The Balaban J connectivity index is 1.67. The lowest BCUT2D eigenvalue weighted by atomic mass is 9.96. The number of likely N-dealkylation sites (tertiary alicyclic amines) is 1. The number of aromatic nitrogens is 2. The largest absolute Gasteiger partial charge is 0.463 e. The Hall–Kier alpha value is -1.89. The molecule has 1 aromatic rings. The van der Waals surface area contributed by atoms with E-state index >= 15 is 0 Å². The van der Waals surface area contributed by atoms with E-state index in [1.54, 1.807) is 0 Å². The quantitative estimate of drug-likeness (QED) is 0.654. The average molecular weight is 390 g/mol. The summed E-state index contributed by atoms with van der Waals surface area (Å²) in [4.78, 5) is 25.8. The van der Waals surface area contributed by atoms with Crippen molar-refractivity contribution in [1.29, 1.82) is 0 Å². The second-order valence-corrected chi connectivity index (χ2v) is 8.57. The minimum absolute atomic E-state index is 0.0704. The maximum atomic E-state index is 12.7. The molecule has 3 rings (SSSR count). The molecule has 7 nitrogen and oxygen atoms in total. The summed E-state index contributed by atoms with van der Waals surface area (Å²) >= 11 is 0. The molecule has 1 aromatic heterocycles. The molecule has 0 aliphatic carbocycles. The highest BCUT2D eigenvalue weighted by Crippen LogP contribution is 2.33. The Morgan fingerprint density at radius 1 is 1.32 bits per heavy atom. The fraction of sp³-hybridized carbons (Fsp3) is 0.762. The first-order chi connectivity index (χ1) is 13.5. The first-order valence-electron chi connectivity index (χ1n) is 10.8. The number of hydrogen-bond donors (Lipinski definition) is 1. The van der Waals surface area contributed by atoms with Crippen LogP contribution in [0.1, 0.15) is 58.4 Å². The van der Waals surface area contributed by atoms with E-state index in [0.29, 0.717) is 37.1 Å². The van der Waals surface area contributed by atoms with Gasteiger partial charge in [0.15, 0.2) is 0 Å². The number of nitrogens with two attached hydrogens (primary N) is 1. The highest BCUT2D eigenvalue weighted by Gasteiger charge is 2.34. The van der Waals surface area contributed by atoms with Crippen LogP contribution in [-0.4, -0.2) is 53.6 Å². The SMILES string of the molecule is CCCCOc1nc(N)c2c(n1)N(CC1CCCN(CCC(C)C)C1)C(=O)C2. The number of carbonyl (C=O) groups is 1. The Morgan fingerprint density at radius 3 is 2.89 bits per heavy atom. The van der Waals surface area contributed by atoms with Gasteiger partial charge in [-0.1, -0.05) is 27.2 Å². The zero-order valence-electron chi connectivity index (χ0n) is 17.6. The van der Waals surface area contributed by atoms with Crippen LogP contribution < -0.4 is 15.4 Å². The number of unbranched alkanes of at least 4 members (excludes halogenated alkanes) is 1. The van der Waals surface area contributed by atoms with Gasteiger partial charge in [0.1, 0.15) is 11.6 Å². The second-order valence-electron chi connectivity index (χ2n) is 8.57. The third-order valence-corrected chi connectivity index (χ3v) is 5.68. The number of nitrogens with zero attached hydrogens (tertiary/aromatic N) is 4. The van der Waals surface area contributed by atoms with Crippen molar-refractivity contribution >= 4 is 17.5 Å². The van der Waals surface area contributed by atoms with Gasteiger partial charge < -0.3 is 15.4 Å². The zero-order valence-corrected chi connectivity index (χ0v) is 17.6. The van der Waals surface area contributed by atoms with Crippen molar-refractivity contribution in [2.24, 2.45) is 11.8 Å². The van der Waals surface area contributed by atoms with Gasteiger partial charge in [0.05, 0.1) is 13.0 Å². The molecule has 156 valence electrons. The van der Waals surface area contributed by atoms with Crippen LogP contribution in [0, 0.1) is 11.8 Å². The van der Waals surface area contributed by atoms with Crippen LogP contribution in [0.4, 0.5) is 11.6 Å². The van der Waals surface area contributed by atoms with E-state index in [-0.39, 0.29) is 11.9 Å². The zero-order chi connectivity index (χ0) is 20.1. The number of ether oxygens (including phenoxy) is 1. The lowest BCUT2D eigenvalue weighted by Crippen LogP contribution is -2.42. The predicted octanol–water partition coefficient (Wildman–Crippen LogP) is 2.88. The molecule has 0 radical (unpaired) electrons. The van der Waals surface area contributed by atoms with Gasteiger partial charge in [-0.05, 0) is 50.6 Å². The van der Waals surface area contributed by atoms with E-state index in [9.17, 15) is 4.79 Å². The summed E-state index contributed by atoms with van der Waals surface area (Å²) < 4.78 is 5.65. The molecule has 0 saturated carbocycles. The first-order valence-corrected chi connectivity index (χ1v) is 10.8. The first kappa shape index (κ1) is 20.8. The van der Waals surface area contributed by atoms with Gasteiger partial charge in [-0.2, -0.15) is 9.97 Å². The molecule has 1 atom stereocenters. The van der Waals surface area contributed by atoms with Crippen LogP contribution in [0.2, 0.25) is 0 Å². The third kappa shape index (κ3) is 5.13. The van der Waals surface area contributed by atoms with Crippen molar-refractivity contribution in [3.63, 3.8) is 0 Å².